The number of rotatable bonds is 7. The van der Waals surface area contributed by atoms with Gasteiger partial charge in [-0.3, -0.25) is 15.0 Å². The Morgan fingerprint density at radius 2 is 1.89 bits per heavy atom. The first-order chi connectivity index (χ1) is 13.3. The van der Waals surface area contributed by atoms with E-state index in [-0.39, 0.29) is 12.4 Å². The standard InChI is InChI=1S/C21H26FN3O3/c1-14-9-10-18(15(2)13-14)23-21(27)24-20(26)16(3)25(4)11-12-28-19-8-6-5-7-17(19)22/h5-10,13,16H,11-12H2,1-4H3,(H2,23,24,26,27). The van der Waals surface area contributed by atoms with Crippen molar-refractivity contribution in [2.45, 2.75) is 26.8 Å². The lowest BCUT2D eigenvalue weighted by Crippen LogP contribution is -2.47. The first kappa shape index (κ1) is 21.4. The van der Waals surface area contributed by atoms with Gasteiger partial charge in [-0.15, -0.1) is 0 Å². The number of carbonyl (C=O) groups excluding carboxylic acids is 2. The molecule has 1 atom stereocenters. The van der Waals surface area contributed by atoms with Crippen molar-refractivity contribution >= 4 is 17.6 Å². The lowest BCUT2D eigenvalue weighted by Gasteiger charge is -2.23. The molecule has 2 rings (SSSR count). The topological polar surface area (TPSA) is 70.7 Å². The van der Waals surface area contributed by atoms with E-state index >= 15 is 0 Å². The van der Waals surface area contributed by atoms with Crippen molar-refractivity contribution in [2.75, 3.05) is 25.5 Å². The van der Waals surface area contributed by atoms with Crippen molar-refractivity contribution in [2.24, 2.45) is 0 Å². The second-order valence-corrected chi connectivity index (χ2v) is 6.70. The molecule has 2 aromatic rings. The van der Waals surface area contributed by atoms with E-state index in [1.165, 1.54) is 6.07 Å². The molecule has 2 N–H and O–H groups in total. The SMILES string of the molecule is Cc1ccc(NC(=O)NC(=O)C(C)N(C)CCOc2ccccc2F)c(C)c1. The van der Waals surface area contributed by atoms with Gasteiger partial charge in [-0.2, -0.15) is 0 Å². The van der Waals surface area contributed by atoms with Crippen molar-refractivity contribution in [3.8, 4) is 5.75 Å². The summed E-state index contributed by atoms with van der Waals surface area (Å²) in [5.41, 5.74) is 2.65. The van der Waals surface area contributed by atoms with Gasteiger partial charge in [0.1, 0.15) is 6.61 Å². The summed E-state index contributed by atoms with van der Waals surface area (Å²) < 4.78 is 18.9. The number of ether oxygens (including phenoxy) is 1. The average molecular weight is 387 g/mol. The minimum Gasteiger partial charge on any atom is -0.489 e. The van der Waals surface area contributed by atoms with E-state index in [1.54, 1.807) is 43.1 Å². The second kappa shape index (κ2) is 9.85. The highest BCUT2D eigenvalue weighted by Gasteiger charge is 2.20. The van der Waals surface area contributed by atoms with Gasteiger partial charge in [-0.25, -0.2) is 9.18 Å². The fraction of sp³-hybridized carbons (Fsp3) is 0.333. The summed E-state index contributed by atoms with van der Waals surface area (Å²) in [4.78, 5) is 26.1. The lowest BCUT2D eigenvalue weighted by molar-refractivity contribution is -0.124. The maximum atomic E-state index is 13.5. The molecule has 6 nitrogen and oxygen atoms in total. The van der Waals surface area contributed by atoms with Crippen LogP contribution in [0.15, 0.2) is 42.5 Å². The average Bonchev–Trinajstić information content (AvgIpc) is 2.64. The number of amides is 3. The maximum Gasteiger partial charge on any atom is 0.325 e. The largest absolute Gasteiger partial charge is 0.489 e. The van der Waals surface area contributed by atoms with Crippen molar-refractivity contribution in [3.05, 3.63) is 59.4 Å². The lowest BCUT2D eigenvalue weighted by atomic mass is 10.1. The van der Waals surface area contributed by atoms with Crippen LogP contribution < -0.4 is 15.4 Å². The van der Waals surface area contributed by atoms with Gasteiger partial charge in [0.25, 0.3) is 0 Å². The molecule has 0 aliphatic carbocycles. The molecule has 0 fully saturated rings. The third-order valence-corrected chi connectivity index (χ3v) is 4.45. The molecule has 3 amide bonds. The normalized spacial score (nSPS) is 11.8. The number of imide groups is 1. The predicted octanol–water partition coefficient (Wildman–Crippen LogP) is 3.49. The van der Waals surface area contributed by atoms with Gasteiger partial charge in [0.2, 0.25) is 5.91 Å². The van der Waals surface area contributed by atoms with Crippen LogP contribution in [0.5, 0.6) is 5.75 Å². The van der Waals surface area contributed by atoms with Crippen LogP contribution in [0.4, 0.5) is 14.9 Å². The molecular weight excluding hydrogens is 361 g/mol. The van der Waals surface area contributed by atoms with Gasteiger partial charge in [0.05, 0.1) is 6.04 Å². The maximum absolute atomic E-state index is 13.5. The molecular formula is C21H26FN3O3. The number of halogens is 1. The summed E-state index contributed by atoms with van der Waals surface area (Å²) in [7, 11) is 1.73. The molecule has 0 saturated heterocycles. The number of nitrogens with one attached hydrogen (secondary N) is 2. The minimum absolute atomic E-state index is 0.167. The Morgan fingerprint density at radius 1 is 1.18 bits per heavy atom. The van der Waals surface area contributed by atoms with E-state index in [4.69, 9.17) is 4.74 Å². The summed E-state index contributed by atoms with van der Waals surface area (Å²) in [6, 6.07) is 10.6. The zero-order chi connectivity index (χ0) is 20.7. The Labute approximate surface area is 164 Å². The molecule has 28 heavy (non-hydrogen) atoms. The number of likely N-dealkylation sites (N-methyl/N-ethyl adjacent to an activating group) is 1. The molecule has 0 aliphatic heterocycles. The Bertz CT molecular complexity index is 841. The molecule has 7 heteroatoms. The van der Waals surface area contributed by atoms with E-state index in [9.17, 15) is 14.0 Å². The third-order valence-electron chi connectivity index (χ3n) is 4.45. The van der Waals surface area contributed by atoms with Crippen molar-refractivity contribution < 1.29 is 18.7 Å². The monoisotopic (exact) mass is 387 g/mol. The number of benzene rings is 2. The highest BCUT2D eigenvalue weighted by molar-refractivity contribution is 6.03. The van der Waals surface area contributed by atoms with Gasteiger partial charge < -0.3 is 10.1 Å². The molecule has 1 unspecified atom stereocenters. The van der Waals surface area contributed by atoms with Crippen LogP contribution in [0.2, 0.25) is 0 Å². The summed E-state index contributed by atoms with van der Waals surface area (Å²) in [6.07, 6.45) is 0. The van der Waals surface area contributed by atoms with Gasteiger partial charge in [-0.1, -0.05) is 29.8 Å². The van der Waals surface area contributed by atoms with E-state index in [2.05, 4.69) is 10.6 Å². The van der Waals surface area contributed by atoms with E-state index in [0.29, 0.717) is 12.2 Å². The molecule has 0 aromatic heterocycles. The molecule has 150 valence electrons. The minimum atomic E-state index is -0.584. The number of nitrogens with zero attached hydrogens (tertiary/aromatic N) is 1. The van der Waals surface area contributed by atoms with Crippen molar-refractivity contribution in [1.29, 1.82) is 0 Å². The fourth-order valence-corrected chi connectivity index (χ4v) is 2.58. The molecule has 0 aliphatic rings. The van der Waals surface area contributed by atoms with Crippen LogP contribution in [-0.2, 0) is 4.79 Å². The first-order valence-corrected chi connectivity index (χ1v) is 9.04. The van der Waals surface area contributed by atoms with Crippen molar-refractivity contribution in [1.82, 2.24) is 10.2 Å². The van der Waals surface area contributed by atoms with Crippen molar-refractivity contribution in [3.63, 3.8) is 0 Å². The zero-order valence-electron chi connectivity index (χ0n) is 16.6. The van der Waals surface area contributed by atoms with E-state index < -0.39 is 23.8 Å². The Balaban J connectivity index is 1.80. The summed E-state index contributed by atoms with van der Waals surface area (Å²) >= 11 is 0. The van der Waals surface area contributed by atoms with Gasteiger partial charge in [0.15, 0.2) is 11.6 Å². The molecule has 0 saturated carbocycles. The van der Waals surface area contributed by atoms with Crippen LogP contribution in [0.25, 0.3) is 0 Å². The predicted molar refractivity (Wildman–Crippen MR) is 107 cm³/mol. The molecule has 2 aromatic carbocycles. The first-order valence-electron chi connectivity index (χ1n) is 9.04. The van der Waals surface area contributed by atoms with Crippen LogP contribution >= 0.6 is 0 Å². The van der Waals surface area contributed by atoms with Gasteiger partial charge in [0, 0.05) is 12.2 Å². The zero-order valence-corrected chi connectivity index (χ0v) is 16.6. The summed E-state index contributed by atoms with van der Waals surface area (Å²) in [5.74, 6) is -0.699. The third kappa shape index (κ3) is 6.06. The summed E-state index contributed by atoms with van der Waals surface area (Å²) in [6.45, 7) is 6.14. The smallest absolute Gasteiger partial charge is 0.325 e. The Morgan fingerprint density at radius 3 is 2.57 bits per heavy atom. The molecule has 0 bridgehead atoms. The van der Waals surface area contributed by atoms with Crippen LogP contribution in [0.1, 0.15) is 18.1 Å². The number of para-hydroxylation sites is 1. The van der Waals surface area contributed by atoms with Gasteiger partial charge in [-0.05, 0) is 51.6 Å². The number of hydrogen-bond donors (Lipinski definition) is 2. The van der Waals surface area contributed by atoms with E-state index in [1.807, 2.05) is 26.0 Å². The number of carbonyl (C=O) groups is 2. The highest BCUT2D eigenvalue weighted by Crippen LogP contribution is 2.16. The second-order valence-electron chi connectivity index (χ2n) is 6.70. The molecule has 0 spiro atoms. The van der Waals surface area contributed by atoms with Gasteiger partial charge >= 0.3 is 6.03 Å². The van der Waals surface area contributed by atoms with Crippen LogP contribution in [0, 0.1) is 19.7 Å². The van der Waals surface area contributed by atoms with Crippen LogP contribution in [0.3, 0.4) is 0 Å². The van der Waals surface area contributed by atoms with Crippen LogP contribution in [-0.4, -0.2) is 43.1 Å². The number of anilines is 1. The highest BCUT2D eigenvalue weighted by atomic mass is 19.1. The Hall–Kier alpha value is -2.93. The molecule has 0 radical (unpaired) electrons. The Kier molecular flexibility index (Phi) is 7.52. The van der Waals surface area contributed by atoms with E-state index in [0.717, 1.165) is 11.1 Å². The fourth-order valence-electron chi connectivity index (χ4n) is 2.58. The summed E-state index contributed by atoms with van der Waals surface area (Å²) in [5, 5.41) is 5.01. The number of hydrogen-bond acceptors (Lipinski definition) is 4. The molecule has 0 heterocycles. The number of aryl methyl sites for hydroxylation is 2. The number of urea groups is 1. The quantitative estimate of drug-likeness (QED) is 0.763.